The van der Waals surface area contributed by atoms with Gasteiger partial charge in [0.2, 0.25) is 0 Å². The number of hydrogen-bond acceptors (Lipinski definition) is 3. The van der Waals surface area contributed by atoms with Gasteiger partial charge in [0.25, 0.3) is 0 Å². The predicted molar refractivity (Wildman–Crippen MR) is 43.3 cm³/mol. The van der Waals surface area contributed by atoms with Crippen molar-refractivity contribution in [1.29, 1.82) is 0 Å². The zero-order valence-corrected chi connectivity index (χ0v) is 6.62. The highest BCUT2D eigenvalue weighted by molar-refractivity contribution is 6.29. The highest BCUT2D eigenvalue weighted by Crippen LogP contribution is 2.10. The number of nitrogens with zero attached hydrogens (tertiary/aromatic N) is 1. The molecule has 0 fully saturated rings. The Morgan fingerprint density at radius 2 is 2.36 bits per heavy atom. The van der Waals surface area contributed by atoms with Gasteiger partial charge in [-0.25, -0.2) is 4.98 Å². The van der Waals surface area contributed by atoms with Gasteiger partial charge in [0.15, 0.2) is 0 Å². The minimum atomic E-state index is -0.436. The fourth-order valence-electron chi connectivity index (χ4n) is 0.724. The van der Waals surface area contributed by atoms with Crippen LogP contribution in [0.3, 0.4) is 0 Å². The summed E-state index contributed by atoms with van der Waals surface area (Å²) in [6, 6.07) is 4.70. The Morgan fingerprint density at radius 1 is 1.64 bits per heavy atom. The smallest absolute Gasteiger partial charge is 0.129 e. The van der Waals surface area contributed by atoms with E-state index in [4.69, 9.17) is 22.4 Å². The molecule has 11 heavy (non-hydrogen) atoms. The molecule has 60 valence electrons. The van der Waals surface area contributed by atoms with Crippen molar-refractivity contribution in [2.45, 2.75) is 6.04 Å². The number of aromatic nitrogens is 1. The molecule has 0 bridgehead atoms. The molecule has 1 heterocycles. The largest absolute Gasteiger partial charge is 0.394 e. The maximum Gasteiger partial charge on any atom is 0.129 e. The van der Waals surface area contributed by atoms with Gasteiger partial charge in [0, 0.05) is 0 Å². The minimum absolute atomic E-state index is 0.118. The molecule has 0 saturated heterocycles. The Kier molecular flexibility index (Phi) is 2.82. The lowest BCUT2D eigenvalue weighted by Gasteiger charge is -2.06. The van der Waals surface area contributed by atoms with Gasteiger partial charge >= 0.3 is 0 Å². The van der Waals surface area contributed by atoms with Crippen molar-refractivity contribution in [3.05, 3.63) is 29.0 Å². The van der Waals surface area contributed by atoms with Crippen LogP contribution in [0.2, 0.25) is 5.15 Å². The molecule has 0 unspecified atom stereocenters. The summed E-state index contributed by atoms with van der Waals surface area (Å²) >= 11 is 5.60. The van der Waals surface area contributed by atoms with Gasteiger partial charge in [-0.05, 0) is 12.1 Å². The third-order valence-corrected chi connectivity index (χ3v) is 1.52. The first-order chi connectivity index (χ1) is 5.24. The van der Waals surface area contributed by atoms with Crippen LogP contribution in [0.4, 0.5) is 0 Å². The molecule has 1 aromatic rings. The quantitative estimate of drug-likeness (QED) is 0.647. The lowest BCUT2D eigenvalue weighted by Crippen LogP contribution is -2.15. The van der Waals surface area contributed by atoms with Crippen LogP contribution < -0.4 is 5.73 Å². The molecule has 0 spiro atoms. The second kappa shape index (κ2) is 3.67. The van der Waals surface area contributed by atoms with Gasteiger partial charge in [0.05, 0.1) is 18.3 Å². The first-order valence-corrected chi connectivity index (χ1v) is 3.60. The topological polar surface area (TPSA) is 59.1 Å². The summed E-state index contributed by atoms with van der Waals surface area (Å²) < 4.78 is 0. The van der Waals surface area contributed by atoms with Crippen LogP contribution in [-0.2, 0) is 0 Å². The van der Waals surface area contributed by atoms with Crippen molar-refractivity contribution in [2.75, 3.05) is 6.61 Å². The predicted octanol–water partition coefficient (Wildman–Crippen LogP) is 0.727. The van der Waals surface area contributed by atoms with E-state index >= 15 is 0 Å². The Hall–Kier alpha value is -0.640. The van der Waals surface area contributed by atoms with Gasteiger partial charge in [-0.15, -0.1) is 0 Å². The molecule has 3 N–H and O–H groups in total. The number of pyridine rings is 1. The highest BCUT2D eigenvalue weighted by atomic mass is 35.5. The van der Waals surface area contributed by atoms with Gasteiger partial charge in [0.1, 0.15) is 5.15 Å². The molecule has 1 aromatic heterocycles. The van der Waals surface area contributed by atoms with Crippen LogP contribution in [0.1, 0.15) is 11.7 Å². The zero-order valence-electron chi connectivity index (χ0n) is 5.87. The van der Waals surface area contributed by atoms with Crippen LogP contribution >= 0.6 is 11.6 Å². The third kappa shape index (κ3) is 2.15. The Morgan fingerprint density at radius 3 is 2.91 bits per heavy atom. The minimum Gasteiger partial charge on any atom is -0.394 e. The fourth-order valence-corrected chi connectivity index (χ4v) is 0.894. The molecular formula is C7H9ClN2O. The van der Waals surface area contributed by atoms with E-state index in [2.05, 4.69) is 4.98 Å². The molecular weight excluding hydrogens is 164 g/mol. The maximum absolute atomic E-state index is 8.67. The van der Waals surface area contributed by atoms with Crippen molar-refractivity contribution in [2.24, 2.45) is 5.73 Å². The molecule has 0 saturated carbocycles. The maximum atomic E-state index is 8.67. The number of aliphatic hydroxyl groups excluding tert-OH is 1. The second-order valence-corrected chi connectivity index (χ2v) is 2.56. The fraction of sp³-hybridized carbons (Fsp3) is 0.286. The van der Waals surface area contributed by atoms with E-state index in [-0.39, 0.29) is 6.61 Å². The monoisotopic (exact) mass is 172 g/mol. The van der Waals surface area contributed by atoms with Crippen LogP contribution in [-0.4, -0.2) is 16.7 Å². The van der Waals surface area contributed by atoms with Crippen molar-refractivity contribution < 1.29 is 5.11 Å². The number of halogens is 1. The lowest BCUT2D eigenvalue weighted by molar-refractivity contribution is 0.266. The van der Waals surface area contributed by atoms with E-state index in [1.54, 1.807) is 18.2 Å². The summed E-state index contributed by atoms with van der Waals surface area (Å²) in [5, 5.41) is 9.07. The van der Waals surface area contributed by atoms with Crippen molar-refractivity contribution in [3.8, 4) is 0 Å². The molecule has 1 atom stereocenters. The molecule has 0 aliphatic carbocycles. The van der Waals surface area contributed by atoms with Gasteiger partial charge < -0.3 is 10.8 Å². The summed E-state index contributed by atoms with van der Waals surface area (Å²) in [4.78, 5) is 3.92. The van der Waals surface area contributed by atoms with Crippen LogP contribution in [0, 0.1) is 0 Å². The SMILES string of the molecule is N[C@@H](CO)c1cccc(Cl)n1. The highest BCUT2D eigenvalue weighted by Gasteiger charge is 2.04. The van der Waals surface area contributed by atoms with Crippen LogP contribution in [0.5, 0.6) is 0 Å². The molecule has 0 aliphatic heterocycles. The number of hydrogen-bond donors (Lipinski definition) is 2. The molecule has 0 amide bonds. The Bertz CT molecular complexity index is 242. The summed E-state index contributed by atoms with van der Waals surface area (Å²) in [7, 11) is 0. The molecule has 0 radical (unpaired) electrons. The third-order valence-electron chi connectivity index (χ3n) is 1.31. The standard InChI is InChI=1S/C7H9ClN2O/c8-7-3-1-2-6(10-7)5(9)4-11/h1-3,5,11H,4,9H2/t5-/m0/s1. The molecule has 1 rings (SSSR count). The van der Waals surface area contributed by atoms with Gasteiger partial charge in [-0.2, -0.15) is 0 Å². The number of nitrogens with two attached hydrogens (primary N) is 1. The van der Waals surface area contributed by atoms with E-state index in [1.807, 2.05) is 0 Å². The van der Waals surface area contributed by atoms with Crippen molar-refractivity contribution in [1.82, 2.24) is 4.98 Å². The molecule has 0 aliphatic rings. The molecule has 0 aromatic carbocycles. The van der Waals surface area contributed by atoms with E-state index < -0.39 is 6.04 Å². The van der Waals surface area contributed by atoms with Crippen LogP contribution in [0.15, 0.2) is 18.2 Å². The Labute approximate surface area is 69.8 Å². The summed E-state index contributed by atoms with van der Waals surface area (Å²) in [5.41, 5.74) is 6.10. The van der Waals surface area contributed by atoms with Crippen molar-refractivity contribution >= 4 is 11.6 Å². The van der Waals surface area contributed by atoms with Gasteiger partial charge in [-0.3, -0.25) is 0 Å². The van der Waals surface area contributed by atoms with E-state index in [0.29, 0.717) is 10.8 Å². The van der Waals surface area contributed by atoms with Gasteiger partial charge in [-0.1, -0.05) is 17.7 Å². The second-order valence-electron chi connectivity index (χ2n) is 2.17. The number of aliphatic hydroxyl groups is 1. The van der Waals surface area contributed by atoms with E-state index in [0.717, 1.165) is 0 Å². The summed E-state index contributed by atoms with van der Waals surface area (Å²) in [5.74, 6) is 0. The first-order valence-electron chi connectivity index (χ1n) is 3.23. The Balaban J connectivity index is 2.86. The van der Waals surface area contributed by atoms with E-state index in [1.165, 1.54) is 0 Å². The average Bonchev–Trinajstić information content (AvgIpc) is 2.03. The average molecular weight is 173 g/mol. The summed E-state index contributed by atoms with van der Waals surface area (Å²) in [6.45, 7) is -0.118. The first kappa shape index (κ1) is 8.46. The molecule has 4 heteroatoms. The summed E-state index contributed by atoms with van der Waals surface area (Å²) in [6.07, 6.45) is 0. The lowest BCUT2D eigenvalue weighted by atomic mass is 10.2. The molecule has 3 nitrogen and oxygen atoms in total. The normalized spacial score (nSPS) is 13.0. The van der Waals surface area contributed by atoms with Crippen LogP contribution in [0.25, 0.3) is 0 Å². The van der Waals surface area contributed by atoms with E-state index in [9.17, 15) is 0 Å². The van der Waals surface area contributed by atoms with Crippen molar-refractivity contribution in [3.63, 3.8) is 0 Å². The zero-order chi connectivity index (χ0) is 8.27. The number of rotatable bonds is 2.